The molecular weight excluding hydrogens is 352 g/mol. The number of rotatable bonds is 4. The van der Waals surface area contributed by atoms with E-state index in [0.29, 0.717) is 17.2 Å². The zero-order valence-corrected chi connectivity index (χ0v) is 16.1. The smallest absolute Gasteiger partial charge is 0.254 e. The molecule has 5 nitrogen and oxygen atoms in total. The van der Waals surface area contributed by atoms with E-state index in [9.17, 15) is 4.79 Å². The molecule has 0 saturated carbocycles. The van der Waals surface area contributed by atoms with Gasteiger partial charge < -0.3 is 14.1 Å². The topological polar surface area (TPSA) is 55.6 Å². The number of nitrogens with zero attached hydrogens (tertiary/aromatic N) is 2. The summed E-state index contributed by atoms with van der Waals surface area (Å²) in [5, 5.41) is 0. The summed E-state index contributed by atoms with van der Waals surface area (Å²) in [6.45, 7) is 1.63. The van der Waals surface area contributed by atoms with Gasteiger partial charge in [0, 0.05) is 24.2 Å². The third-order valence-corrected chi connectivity index (χ3v) is 5.14. The largest absolute Gasteiger partial charge is 0.497 e. The minimum atomic E-state index is 0.0543. The van der Waals surface area contributed by atoms with Crippen LogP contribution in [0.1, 0.15) is 36.0 Å². The lowest BCUT2D eigenvalue weighted by atomic mass is 10.1. The van der Waals surface area contributed by atoms with E-state index in [-0.39, 0.29) is 5.91 Å². The Morgan fingerprint density at radius 3 is 2.61 bits per heavy atom. The van der Waals surface area contributed by atoms with Crippen LogP contribution >= 0.6 is 0 Å². The van der Waals surface area contributed by atoms with Gasteiger partial charge in [0.1, 0.15) is 5.75 Å². The number of carbonyl (C=O) groups excluding carboxylic acids is 1. The first-order valence-electron chi connectivity index (χ1n) is 9.75. The highest BCUT2D eigenvalue weighted by atomic mass is 16.5. The van der Waals surface area contributed by atoms with Crippen molar-refractivity contribution < 1.29 is 13.9 Å². The third-order valence-electron chi connectivity index (χ3n) is 5.14. The molecule has 1 aromatic heterocycles. The van der Waals surface area contributed by atoms with E-state index in [2.05, 4.69) is 4.98 Å². The molecule has 0 N–H and O–H groups in total. The number of hydrogen-bond donors (Lipinski definition) is 0. The van der Waals surface area contributed by atoms with Crippen LogP contribution < -0.4 is 4.74 Å². The molecule has 0 aliphatic carbocycles. The van der Waals surface area contributed by atoms with E-state index in [0.717, 1.165) is 42.8 Å². The van der Waals surface area contributed by atoms with Gasteiger partial charge in [0.25, 0.3) is 5.91 Å². The fourth-order valence-electron chi connectivity index (χ4n) is 3.61. The summed E-state index contributed by atoms with van der Waals surface area (Å²) in [6.07, 6.45) is 6.20. The van der Waals surface area contributed by atoms with Crippen molar-refractivity contribution in [1.82, 2.24) is 9.88 Å². The molecule has 0 radical (unpaired) electrons. The first-order valence-corrected chi connectivity index (χ1v) is 9.75. The predicted octanol–water partition coefficient (Wildman–Crippen LogP) is 5.03. The third kappa shape index (κ3) is 3.79. The highest BCUT2D eigenvalue weighted by Crippen LogP contribution is 2.30. The predicted molar refractivity (Wildman–Crippen MR) is 108 cm³/mol. The van der Waals surface area contributed by atoms with Crippen LogP contribution in [0.25, 0.3) is 22.8 Å². The number of ether oxygens (including phenoxy) is 1. The number of hydrogen-bond acceptors (Lipinski definition) is 4. The van der Waals surface area contributed by atoms with Gasteiger partial charge in [-0.15, -0.1) is 0 Å². The molecular formula is C23H24N2O3. The fraction of sp³-hybridized carbons (Fsp3) is 0.304. The average Bonchev–Trinajstić information content (AvgIpc) is 3.08. The summed E-state index contributed by atoms with van der Waals surface area (Å²) >= 11 is 0. The number of methoxy groups -OCH3 is 1. The second-order valence-corrected chi connectivity index (χ2v) is 7.01. The molecule has 0 atom stereocenters. The molecule has 144 valence electrons. The van der Waals surface area contributed by atoms with E-state index in [1.165, 1.54) is 12.8 Å². The molecule has 28 heavy (non-hydrogen) atoms. The van der Waals surface area contributed by atoms with Crippen molar-refractivity contribution in [2.45, 2.75) is 25.7 Å². The maximum Gasteiger partial charge on any atom is 0.254 e. The minimum absolute atomic E-state index is 0.0543. The highest BCUT2D eigenvalue weighted by molar-refractivity contribution is 6.00. The zero-order valence-electron chi connectivity index (χ0n) is 16.1. The van der Waals surface area contributed by atoms with Crippen LogP contribution in [0.3, 0.4) is 0 Å². The SMILES string of the molecule is COc1cccc(-c2cnc(-c3ccccc3C(=O)N3CCCCCC3)o2)c1. The van der Waals surface area contributed by atoms with Crippen LogP contribution in [0.4, 0.5) is 0 Å². The van der Waals surface area contributed by atoms with Gasteiger partial charge in [-0.3, -0.25) is 4.79 Å². The molecule has 1 saturated heterocycles. The molecule has 4 rings (SSSR count). The van der Waals surface area contributed by atoms with Gasteiger partial charge in [0.05, 0.1) is 18.9 Å². The van der Waals surface area contributed by atoms with Gasteiger partial charge in [0.2, 0.25) is 5.89 Å². The van der Waals surface area contributed by atoms with Crippen LogP contribution in [-0.4, -0.2) is 36.0 Å². The summed E-state index contributed by atoms with van der Waals surface area (Å²) in [5.41, 5.74) is 2.25. The van der Waals surface area contributed by atoms with E-state index in [1.807, 2.05) is 53.4 Å². The van der Waals surface area contributed by atoms with Crippen LogP contribution in [0.15, 0.2) is 59.1 Å². The van der Waals surface area contributed by atoms with Crippen molar-refractivity contribution >= 4 is 5.91 Å². The maximum absolute atomic E-state index is 13.1. The number of carbonyl (C=O) groups is 1. The summed E-state index contributed by atoms with van der Waals surface area (Å²) in [4.78, 5) is 19.5. The Labute approximate surface area is 165 Å². The summed E-state index contributed by atoms with van der Waals surface area (Å²) < 4.78 is 11.3. The van der Waals surface area contributed by atoms with Crippen LogP contribution in [0.2, 0.25) is 0 Å². The van der Waals surface area contributed by atoms with Crippen LogP contribution in [0.5, 0.6) is 5.75 Å². The van der Waals surface area contributed by atoms with Gasteiger partial charge in [-0.05, 0) is 37.1 Å². The molecule has 1 fully saturated rings. The second-order valence-electron chi connectivity index (χ2n) is 7.01. The Hall–Kier alpha value is -3.08. The van der Waals surface area contributed by atoms with Gasteiger partial charge in [-0.25, -0.2) is 4.98 Å². The molecule has 0 bridgehead atoms. The number of oxazole rings is 1. The number of aromatic nitrogens is 1. The van der Waals surface area contributed by atoms with Crippen molar-refractivity contribution in [3.63, 3.8) is 0 Å². The first kappa shape index (κ1) is 18.3. The lowest BCUT2D eigenvalue weighted by molar-refractivity contribution is 0.0762. The Morgan fingerprint density at radius 1 is 1.04 bits per heavy atom. The maximum atomic E-state index is 13.1. The Kier molecular flexibility index (Phi) is 5.42. The minimum Gasteiger partial charge on any atom is -0.497 e. The lowest BCUT2D eigenvalue weighted by Gasteiger charge is -2.21. The van der Waals surface area contributed by atoms with Crippen molar-refractivity contribution in [3.05, 3.63) is 60.3 Å². The molecule has 1 aliphatic rings. The molecule has 5 heteroatoms. The number of amides is 1. The molecule has 2 heterocycles. The molecule has 1 aliphatic heterocycles. The van der Waals surface area contributed by atoms with Crippen molar-refractivity contribution in [1.29, 1.82) is 0 Å². The second kappa shape index (κ2) is 8.30. The van der Waals surface area contributed by atoms with Gasteiger partial charge >= 0.3 is 0 Å². The monoisotopic (exact) mass is 376 g/mol. The van der Waals surface area contributed by atoms with Crippen molar-refractivity contribution in [2.75, 3.05) is 20.2 Å². The Balaban J connectivity index is 1.65. The lowest BCUT2D eigenvalue weighted by Crippen LogP contribution is -2.32. The normalized spacial score (nSPS) is 14.5. The van der Waals surface area contributed by atoms with E-state index in [4.69, 9.17) is 9.15 Å². The first-order chi connectivity index (χ1) is 13.8. The van der Waals surface area contributed by atoms with Crippen molar-refractivity contribution in [3.8, 4) is 28.5 Å². The summed E-state index contributed by atoms with van der Waals surface area (Å²) in [6, 6.07) is 15.2. The fourth-order valence-corrected chi connectivity index (χ4v) is 3.61. The Morgan fingerprint density at radius 2 is 1.82 bits per heavy atom. The van der Waals surface area contributed by atoms with E-state index >= 15 is 0 Å². The standard InChI is InChI=1S/C23H24N2O3/c1-27-18-10-8-9-17(15-18)21-16-24-22(28-21)19-11-4-5-12-20(19)23(26)25-13-6-2-3-7-14-25/h4-5,8-12,15-16H,2-3,6-7,13-14H2,1H3. The zero-order chi connectivity index (χ0) is 19.3. The quantitative estimate of drug-likeness (QED) is 0.641. The van der Waals surface area contributed by atoms with E-state index in [1.54, 1.807) is 13.3 Å². The van der Waals surface area contributed by atoms with Gasteiger partial charge in [-0.2, -0.15) is 0 Å². The number of benzene rings is 2. The molecule has 0 unspecified atom stereocenters. The Bertz CT molecular complexity index is 956. The van der Waals surface area contributed by atoms with Gasteiger partial charge in [-0.1, -0.05) is 37.1 Å². The molecule has 1 amide bonds. The molecule has 2 aromatic carbocycles. The average molecular weight is 376 g/mol. The molecule has 0 spiro atoms. The number of likely N-dealkylation sites (tertiary alicyclic amines) is 1. The summed E-state index contributed by atoms with van der Waals surface area (Å²) in [5.74, 6) is 1.91. The van der Waals surface area contributed by atoms with Crippen LogP contribution in [-0.2, 0) is 0 Å². The molecule has 3 aromatic rings. The summed E-state index contributed by atoms with van der Waals surface area (Å²) in [7, 11) is 1.63. The van der Waals surface area contributed by atoms with Crippen LogP contribution in [0, 0.1) is 0 Å². The van der Waals surface area contributed by atoms with Gasteiger partial charge in [0.15, 0.2) is 5.76 Å². The van der Waals surface area contributed by atoms with Crippen molar-refractivity contribution in [2.24, 2.45) is 0 Å². The van der Waals surface area contributed by atoms with E-state index < -0.39 is 0 Å². The highest BCUT2D eigenvalue weighted by Gasteiger charge is 2.22.